The maximum absolute atomic E-state index is 12.2. The number of nitrogens with two attached hydrogens (primary N) is 1. The molecule has 1 atom stereocenters. The van der Waals surface area contributed by atoms with Crippen molar-refractivity contribution in [2.24, 2.45) is 5.73 Å². The Morgan fingerprint density at radius 3 is 2.76 bits per heavy atom. The number of aryl methyl sites for hydroxylation is 1. The van der Waals surface area contributed by atoms with Gasteiger partial charge in [0.25, 0.3) is 0 Å². The molecule has 0 amide bonds. The van der Waals surface area contributed by atoms with Gasteiger partial charge in [0.05, 0.1) is 17.0 Å². The maximum atomic E-state index is 12.2. The van der Waals surface area contributed by atoms with Crippen molar-refractivity contribution in [3.63, 3.8) is 0 Å². The van der Waals surface area contributed by atoms with Gasteiger partial charge in [-0.1, -0.05) is 12.1 Å². The van der Waals surface area contributed by atoms with Crippen molar-refractivity contribution in [3.05, 3.63) is 58.9 Å². The third-order valence-electron chi connectivity index (χ3n) is 7.71. The predicted octanol–water partition coefficient (Wildman–Crippen LogP) is 3.37. The van der Waals surface area contributed by atoms with E-state index in [2.05, 4.69) is 52.5 Å². The molecule has 34 heavy (non-hydrogen) atoms. The van der Waals surface area contributed by atoms with Crippen LogP contribution in [0.15, 0.2) is 36.5 Å². The van der Waals surface area contributed by atoms with Crippen LogP contribution in [0.4, 0.5) is 5.69 Å². The highest BCUT2D eigenvalue weighted by Crippen LogP contribution is 2.41. The largest absolute Gasteiger partial charge is 0.478 e. The van der Waals surface area contributed by atoms with Gasteiger partial charge in [0.2, 0.25) is 0 Å². The minimum absolute atomic E-state index is 0.256. The number of benzene rings is 1. The summed E-state index contributed by atoms with van der Waals surface area (Å²) < 4.78 is 0. The summed E-state index contributed by atoms with van der Waals surface area (Å²) in [6.45, 7) is 5.25. The Bertz CT molecular complexity index is 1260. The summed E-state index contributed by atoms with van der Waals surface area (Å²) in [7, 11) is 0. The molecule has 1 aliphatic heterocycles. The average molecular weight is 458 g/mol. The molecular weight excluding hydrogens is 426 g/mol. The van der Waals surface area contributed by atoms with Crippen molar-refractivity contribution in [2.75, 3.05) is 24.5 Å². The number of piperazine rings is 1. The number of rotatable bonds is 5. The van der Waals surface area contributed by atoms with E-state index in [0.717, 1.165) is 78.2 Å². The molecule has 2 fully saturated rings. The zero-order valence-corrected chi connectivity index (χ0v) is 19.5. The van der Waals surface area contributed by atoms with E-state index < -0.39 is 5.97 Å². The van der Waals surface area contributed by atoms with Gasteiger partial charge in [-0.3, -0.25) is 4.98 Å². The molecule has 0 spiro atoms. The van der Waals surface area contributed by atoms with Crippen LogP contribution >= 0.6 is 0 Å². The van der Waals surface area contributed by atoms with Crippen LogP contribution in [0, 0.1) is 0 Å². The van der Waals surface area contributed by atoms with Crippen LogP contribution in [0.25, 0.3) is 22.5 Å². The zero-order valence-electron chi connectivity index (χ0n) is 19.5. The van der Waals surface area contributed by atoms with Crippen molar-refractivity contribution >= 4 is 11.7 Å². The monoisotopic (exact) mass is 457 g/mol. The molecule has 6 rings (SSSR count). The Hall–Kier alpha value is -3.16. The van der Waals surface area contributed by atoms with Gasteiger partial charge in [-0.15, -0.1) is 0 Å². The molecule has 1 saturated heterocycles. The minimum atomic E-state index is -0.868. The number of carboxylic acid groups (broad SMARTS) is 1. The zero-order chi connectivity index (χ0) is 23.4. The van der Waals surface area contributed by atoms with Crippen LogP contribution in [0.2, 0.25) is 0 Å². The Labute approximate surface area is 199 Å². The normalized spacial score (nSPS) is 20.5. The molecule has 0 bridgehead atoms. The number of fused-ring (bicyclic) bond motifs is 3. The number of hydrogen-bond donors (Lipinski definition) is 4. The highest BCUT2D eigenvalue weighted by Gasteiger charge is 2.40. The van der Waals surface area contributed by atoms with Gasteiger partial charge < -0.3 is 26.0 Å². The third-order valence-corrected chi connectivity index (χ3v) is 7.71. The quantitative estimate of drug-likeness (QED) is 0.468. The standard InChI is InChI=1S/C27H31N5O2/c1-16-14-29-10-11-32(16)19-5-2-17(3-6-19)22-12-21-18(15-30-22)4-7-20-24(26(33)34)23(31-25(20)21)13-27(28)8-9-27/h2-3,5-6,12,15-16,29,31H,4,7-11,13-14,28H2,1H3,(H,33,34). The second-order valence-corrected chi connectivity index (χ2v) is 10.2. The second-order valence-electron chi connectivity index (χ2n) is 10.2. The fourth-order valence-electron chi connectivity index (χ4n) is 5.54. The lowest BCUT2D eigenvalue weighted by atomic mass is 9.88. The molecule has 7 nitrogen and oxygen atoms in total. The molecule has 1 aromatic carbocycles. The number of aromatic carboxylic acids is 1. The van der Waals surface area contributed by atoms with E-state index in [1.807, 2.05) is 6.20 Å². The molecule has 3 heterocycles. The first-order chi connectivity index (χ1) is 16.4. The number of nitrogens with zero attached hydrogens (tertiary/aromatic N) is 2. The first kappa shape index (κ1) is 21.4. The third kappa shape index (κ3) is 3.69. The lowest BCUT2D eigenvalue weighted by Gasteiger charge is -2.36. The van der Waals surface area contributed by atoms with E-state index in [0.29, 0.717) is 24.4 Å². The number of H-pyrrole nitrogens is 1. The number of nitrogens with one attached hydrogen (secondary N) is 2. The summed E-state index contributed by atoms with van der Waals surface area (Å²) in [6.07, 6.45) is 5.93. The summed E-state index contributed by atoms with van der Waals surface area (Å²) in [5, 5.41) is 13.4. The topological polar surface area (TPSA) is 107 Å². The second kappa shape index (κ2) is 7.96. The minimum Gasteiger partial charge on any atom is -0.478 e. The maximum Gasteiger partial charge on any atom is 0.337 e. The van der Waals surface area contributed by atoms with Gasteiger partial charge in [0, 0.05) is 66.3 Å². The molecule has 2 aliphatic carbocycles. The summed E-state index contributed by atoms with van der Waals surface area (Å²) in [5.74, 6) is -0.868. The molecule has 3 aliphatic rings. The highest BCUT2D eigenvalue weighted by atomic mass is 16.4. The first-order valence-electron chi connectivity index (χ1n) is 12.2. The summed E-state index contributed by atoms with van der Waals surface area (Å²) in [5.41, 5.74) is 14.5. The van der Waals surface area contributed by atoms with Gasteiger partial charge in [-0.2, -0.15) is 0 Å². The summed E-state index contributed by atoms with van der Waals surface area (Å²) in [4.78, 5) is 22.8. The van der Waals surface area contributed by atoms with Gasteiger partial charge >= 0.3 is 5.97 Å². The van der Waals surface area contributed by atoms with Crippen LogP contribution in [0.3, 0.4) is 0 Å². The average Bonchev–Trinajstić information content (AvgIpc) is 3.44. The predicted molar refractivity (Wildman–Crippen MR) is 133 cm³/mol. The Kier molecular flexibility index (Phi) is 5.00. The van der Waals surface area contributed by atoms with E-state index in [9.17, 15) is 9.90 Å². The van der Waals surface area contributed by atoms with E-state index in [1.165, 1.54) is 5.69 Å². The molecule has 3 aromatic rings. The first-order valence-corrected chi connectivity index (χ1v) is 12.2. The Morgan fingerprint density at radius 1 is 1.26 bits per heavy atom. The number of pyridine rings is 1. The van der Waals surface area contributed by atoms with Gasteiger partial charge in [-0.25, -0.2) is 4.79 Å². The van der Waals surface area contributed by atoms with Crippen LogP contribution in [0.1, 0.15) is 46.9 Å². The number of hydrogen-bond acceptors (Lipinski definition) is 5. The fourth-order valence-corrected chi connectivity index (χ4v) is 5.54. The fraction of sp³-hybridized carbons (Fsp3) is 0.407. The van der Waals surface area contributed by atoms with E-state index >= 15 is 0 Å². The van der Waals surface area contributed by atoms with Crippen LogP contribution in [0.5, 0.6) is 0 Å². The van der Waals surface area contributed by atoms with E-state index in [4.69, 9.17) is 10.7 Å². The molecule has 7 heteroatoms. The van der Waals surface area contributed by atoms with Crippen LogP contribution in [-0.4, -0.2) is 52.3 Å². The number of aromatic amines is 1. The lowest BCUT2D eigenvalue weighted by Crippen LogP contribution is -2.49. The van der Waals surface area contributed by atoms with Crippen molar-refractivity contribution in [3.8, 4) is 22.5 Å². The molecular formula is C27H31N5O2. The SMILES string of the molecule is CC1CNCCN1c1ccc(-c2cc3c(cn2)CCc2c-3[nH]c(CC3(N)CC3)c2C(=O)O)cc1. The molecule has 176 valence electrons. The van der Waals surface area contributed by atoms with E-state index in [-0.39, 0.29) is 5.54 Å². The van der Waals surface area contributed by atoms with Crippen molar-refractivity contribution < 1.29 is 9.90 Å². The molecule has 1 unspecified atom stereocenters. The number of anilines is 1. The number of aromatic nitrogens is 2. The molecule has 1 saturated carbocycles. The van der Waals surface area contributed by atoms with E-state index in [1.54, 1.807) is 0 Å². The number of carbonyl (C=O) groups is 1. The van der Waals surface area contributed by atoms with Gasteiger partial charge in [-0.05, 0) is 61.9 Å². The van der Waals surface area contributed by atoms with Crippen LogP contribution < -0.4 is 16.0 Å². The molecule has 0 radical (unpaired) electrons. The molecule has 5 N–H and O–H groups in total. The number of carboxylic acids is 1. The van der Waals surface area contributed by atoms with Crippen LogP contribution in [-0.2, 0) is 19.3 Å². The Morgan fingerprint density at radius 2 is 2.06 bits per heavy atom. The van der Waals surface area contributed by atoms with Gasteiger partial charge in [0.1, 0.15) is 0 Å². The summed E-state index contributed by atoms with van der Waals surface area (Å²) >= 11 is 0. The lowest BCUT2D eigenvalue weighted by molar-refractivity contribution is 0.0694. The smallest absolute Gasteiger partial charge is 0.337 e. The summed E-state index contributed by atoms with van der Waals surface area (Å²) in [6, 6.07) is 11.2. The Balaban J connectivity index is 1.35. The highest BCUT2D eigenvalue weighted by molar-refractivity contribution is 5.95. The van der Waals surface area contributed by atoms with Crippen molar-refractivity contribution in [2.45, 2.75) is 50.6 Å². The van der Waals surface area contributed by atoms with Crippen molar-refractivity contribution in [1.29, 1.82) is 0 Å². The van der Waals surface area contributed by atoms with Crippen molar-refractivity contribution in [1.82, 2.24) is 15.3 Å². The molecule has 2 aromatic heterocycles. The van der Waals surface area contributed by atoms with Gasteiger partial charge in [0.15, 0.2) is 0 Å².